The number of carboxylic acids is 1. The molecule has 0 aromatic carbocycles. The van der Waals surface area contributed by atoms with E-state index < -0.39 is 11.4 Å². The molecule has 1 aliphatic rings. The van der Waals surface area contributed by atoms with Crippen LogP contribution in [0.4, 0.5) is 0 Å². The fourth-order valence-corrected chi connectivity index (χ4v) is 3.09. The first-order valence-corrected chi connectivity index (χ1v) is 6.10. The molecule has 1 saturated carbocycles. The van der Waals surface area contributed by atoms with E-state index in [2.05, 4.69) is 18.0 Å². The molecule has 84 valence electrons. The summed E-state index contributed by atoms with van der Waals surface area (Å²) in [6.45, 7) is 2.11. The lowest BCUT2D eigenvalue weighted by molar-refractivity contribution is 0.0690. The Morgan fingerprint density at radius 1 is 1.81 bits per heavy atom. The molecule has 0 radical (unpaired) electrons. The quantitative estimate of drug-likeness (QED) is 0.874. The predicted molar refractivity (Wildman–Crippen MR) is 59.4 cm³/mol. The first kappa shape index (κ1) is 11.1. The average Bonchev–Trinajstić information content (AvgIpc) is 2.67. The van der Waals surface area contributed by atoms with Crippen molar-refractivity contribution in [2.24, 2.45) is 5.92 Å². The fraction of sp³-hybridized carbons (Fsp3) is 0.545. The minimum Gasteiger partial charge on any atom is -0.476 e. The van der Waals surface area contributed by atoms with Crippen molar-refractivity contribution in [2.75, 3.05) is 0 Å². The van der Waals surface area contributed by atoms with Crippen molar-refractivity contribution in [3.63, 3.8) is 0 Å². The number of carboxylic acid groups (broad SMARTS) is 1. The highest BCUT2D eigenvalue weighted by Gasteiger charge is 2.47. The minimum atomic E-state index is -1.03. The Hall–Kier alpha value is -1.41. The molecule has 0 amide bonds. The van der Waals surface area contributed by atoms with Crippen LogP contribution in [0.3, 0.4) is 0 Å². The van der Waals surface area contributed by atoms with Crippen LogP contribution in [0.1, 0.15) is 41.7 Å². The van der Waals surface area contributed by atoms with Gasteiger partial charge in [0.1, 0.15) is 10.4 Å². The number of nitriles is 1. The number of aromatic carboxylic acids is 1. The van der Waals surface area contributed by atoms with Crippen LogP contribution in [0, 0.1) is 17.2 Å². The van der Waals surface area contributed by atoms with Crippen LogP contribution in [0.25, 0.3) is 0 Å². The van der Waals surface area contributed by atoms with Gasteiger partial charge in [-0.2, -0.15) is 5.26 Å². The third-order valence-electron chi connectivity index (χ3n) is 3.20. The summed E-state index contributed by atoms with van der Waals surface area (Å²) >= 11 is 1.28. The molecule has 0 spiro atoms. The standard InChI is InChI=1S/C11H12N2O2S/c1-2-7-3-11(4-7,6-12)10-13-8(5-16-10)9(14)15/h5,7H,2-4H2,1H3,(H,14,15). The molecule has 1 heterocycles. The smallest absolute Gasteiger partial charge is 0.355 e. The summed E-state index contributed by atoms with van der Waals surface area (Å²) in [5.74, 6) is -0.446. The summed E-state index contributed by atoms with van der Waals surface area (Å²) in [7, 11) is 0. The van der Waals surface area contributed by atoms with Crippen LogP contribution in [-0.4, -0.2) is 16.1 Å². The van der Waals surface area contributed by atoms with Crippen molar-refractivity contribution in [1.29, 1.82) is 5.26 Å². The second-order valence-corrected chi connectivity index (χ2v) is 5.08. The third-order valence-corrected chi connectivity index (χ3v) is 4.24. The van der Waals surface area contributed by atoms with Gasteiger partial charge in [0.05, 0.1) is 6.07 Å². The molecule has 1 aliphatic carbocycles. The summed E-state index contributed by atoms with van der Waals surface area (Å²) in [5, 5.41) is 20.2. The lowest BCUT2D eigenvalue weighted by Gasteiger charge is -2.40. The average molecular weight is 236 g/mol. The second-order valence-electron chi connectivity index (χ2n) is 4.22. The number of rotatable bonds is 3. The van der Waals surface area contributed by atoms with Gasteiger partial charge in [0.15, 0.2) is 5.69 Å². The maximum Gasteiger partial charge on any atom is 0.355 e. The van der Waals surface area contributed by atoms with Crippen LogP contribution in [0.5, 0.6) is 0 Å². The van der Waals surface area contributed by atoms with Crippen LogP contribution in [0.15, 0.2) is 5.38 Å². The Morgan fingerprint density at radius 3 is 2.94 bits per heavy atom. The van der Waals surface area contributed by atoms with E-state index in [1.54, 1.807) is 0 Å². The molecule has 1 fully saturated rings. The van der Waals surface area contributed by atoms with Gasteiger partial charge in [0.2, 0.25) is 0 Å². The Labute approximate surface area is 97.6 Å². The van der Waals surface area contributed by atoms with Crippen molar-refractivity contribution in [2.45, 2.75) is 31.6 Å². The van der Waals surface area contributed by atoms with Crippen LogP contribution in [-0.2, 0) is 5.41 Å². The number of thiazole rings is 1. The number of nitrogens with zero attached hydrogens (tertiary/aromatic N) is 2. The largest absolute Gasteiger partial charge is 0.476 e. The van der Waals surface area contributed by atoms with Crippen LogP contribution >= 0.6 is 11.3 Å². The third kappa shape index (κ3) is 1.59. The molecule has 2 rings (SSSR count). The van der Waals surface area contributed by atoms with E-state index in [1.165, 1.54) is 16.7 Å². The van der Waals surface area contributed by atoms with E-state index in [9.17, 15) is 10.1 Å². The molecule has 16 heavy (non-hydrogen) atoms. The number of hydrogen-bond acceptors (Lipinski definition) is 4. The highest BCUT2D eigenvalue weighted by Crippen LogP contribution is 2.49. The van der Waals surface area contributed by atoms with Gasteiger partial charge in [0.25, 0.3) is 0 Å². The first-order chi connectivity index (χ1) is 7.61. The Morgan fingerprint density at radius 2 is 2.50 bits per heavy atom. The van der Waals surface area contributed by atoms with Crippen molar-refractivity contribution in [3.8, 4) is 6.07 Å². The molecule has 0 bridgehead atoms. The molecule has 4 nitrogen and oxygen atoms in total. The zero-order valence-electron chi connectivity index (χ0n) is 8.93. The van der Waals surface area contributed by atoms with E-state index in [4.69, 9.17) is 5.11 Å². The SMILES string of the molecule is CCC1CC(C#N)(c2nc(C(=O)O)cs2)C1. The van der Waals surface area contributed by atoms with Gasteiger partial charge >= 0.3 is 5.97 Å². The molecule has 1 aromatic rings. The summed E-state index contributed by atoms with van der Waals surface area (Å²) in [6, 6.07) is 2.30. The van der Waals surface area contributed by atoms with Gasteiger partial charge in [-0.1, -0.05) is 13.3 Å². The van der Waals surface area contributed by atoms with Gasteiger partial charge < -0.3 is 5.11 Å². The summed E-state index contributed by atoms with van der Waals surface area (Å²) < 4.78 is 0. The number of carbonyl (C=O) groups is 1. The zero-order valence-corrected chi connectivity index (χ0v) is 9.75. The van der Waals surface area contributed by atoms with Crippen molar-refractivity contribution >= 4 is 17.3 Å². The van der Waals surface area contributed by atoms with Gasteiger partial charge in [-0.3, -0.25) is 0 Å². The maximum absolute atomic E-state index is 10.7. The number of aromatic nitrogens is 1. The predicted octanol–water partition coefficient (Wildman–Crippen LogP) is 2.42. The molecular weight excluding hydrogens is 224 g/mol. The minimum absolute atomic E-state index is 0.0505. The topological polar surface area (TPSA) is 74.0 Å². The van der Waals surface area contributed by atoms with E-state index in [0.717, 1.165) is 19.3 Å². The van der Waals surface area contributed by atoms with Gasteiger partial charge in [-0.15, -0.1) is 11.3 Å². The lowest BCUT2D eigenvalue weighted by Crippen LogP contribution is -2.39. The molecule has 0 saturated heterocycles. The maximum atomic E-state index is 10.7. The van der Waals surface area contributed by atoms with Gasteiger partial charge in [-0.05, 0) is 18.8 Å². The number of hydrogen-bond donors (Lipinski definition) is 1. The van der Waals surface area contributed by atoms with Crippen molar-refractivity contribution < 1.29 is 9.90 Å². The molecule has 1 N–H and O–H groups in total. The Kier molecular flexibility index (Phi) is 2.68. The van der Waals surface area contributed by atoms with Gasteiger partial charge in [0, 0.05) is 5.38 Å². The molecule has 0 aliphatic heterocycles. The summed E-state index contributed by atoms with van der Waals surface area (Å²) in [6.07, 6.45) is 2.69. The lowest BCUT2D eigenvalue weighted by atomic mass is 9.62. The zero-order chi connectivity index (χ0) is 11.8. The van der Waals surface area contributed by atoms with E-state index in [0.29, 0.717) is 10.9 Å². The van der Waals surface area contributed by atoms with Crippen LogP contribution in [0.2, 0.25) is 0 Å². The molecule has 5 heteroatoms. The van der Waals surface area contributed by atoms with Crippen LogP contribution < -0.4 is 0 Å². The van der Waals surface area contributed by atoms with Gasteiger partial charge in [-0.25, -0.2) is 9.78 Å². The Balaban J connectivity index is 2.23. The molecule has 0 atom stereocenters. The van der Waals surface area contributed by atoms with Crippen molar-refractivity contribution in [1.82, 2.24) is 4.98 Å². The molecular formula is C11H12N2O2S. The highest BCUT2D eigenvalue weighted by atomic mass is 32.1. The molecule has 0 unspecified atom stereocenters. The van der Waals surface area contributed by atoms with E-state index >= 15 is 0 Å². The molecule has 1 aromatic heterocycles. The highest BCUT2D eigenvalue weighted by molar-refractivity contribution is 7.10. The van der Waals surface area contributed by atoms with Crippen molar-refractivity contribution in [3.05, 3.63) is 16.1 Å². The summed E-state index contributed by atoms with van der Waals surface area (Å²) in [5.41, 5.74) is -0.464. The fourth-order valence-electron chi connectivity index (χ4n) is 2.12. The monoisotopic (exact) mass is 236 g/mol. The van der Waals surface area contributed by atoms with E-state index in [1.807, 2.05) is 0 Å². The summed E-state index contributed by atoms with van der Waals surface area (Å²) in [4.78, 5) is 14.8. The van der Waals surface area contributed by atoms with E-state index in [-0.39, 0.29) is 5.69 Å². The first-order valence-electron chi connectivity index (χ1n) is 5.22. The normalized spacial score (nSPS) is 28.1. The second kappa shape index (κ2) is 3.87. The Bertz CT molecular complexity index is 455.